The van der Waals surface area contributed by atoms with Gasteiger partial charge in [-0.1, -0.05) is 0 Å². The third-order valence-electron chi connectivity index (χ3n) is 3.05. The Morgan fingerprint density at radius 1 is 1.09 bits per heavy atom. The first kappa shape index (κ1) is 16.1. The van der Waals surface area contributed by atoms with Gasteiger partial charge in [0.1, 0.15) is 11.3 Å². The van der Waals surface area contributed by atoms with Gasteiger partial charge >= 0.3 is 6.03 Å². The number of carbonyl (C=O) groups is 2. The summed E-state index contributed by atoms with van der Waals surface area (Å²) in [5.74, 6) is -0.489. The van der Waals surface area contributed by atoms with Crippen molar-refractivity contribution in [3.63, 3.8) is 0 Å². The summed E-state index contributed by atoms with van der Waals surface area (Å²) in [4.78, 5) is 33.4. The zero-order valence-electron chi connectivity index (χ0n) is 12.5. The molecular formula is C13H13N3O7. The molecule has 10 nitrogen and oxygen atoms in total. The topological polar surface area (TPSA) is 129 Å². The molecule has 3 amide bonds. The molecule has 1 fully saturated rings. The Bertz CT molecular complexity index is 727. The number of imide groups is 1. The van der Waals surface area contributed by atoms with Gasteiger partial charge in [-0.3, -0.25) is 20.2 Å². The van der Waals surface area contributed by atoms with Gasteiger partial charge in [0.2, 0.25) is 5.75 Å². The molecule has 0 spiro atoms. The number of hydrogen-bond acceptors (Lipinski definition) is 7. The van der Waals surface area contributed by atoms with Gasteiger partial charge in [0.15, 0.2) is 11.5 Å². The minimum absolute atomic E-state index is 0.000000945. The van der Waals surface area contributed by atoms with Crippen molar-refractivity contribution in [2.75, 3.05) is 21.3 Å². The maximum absolute atomic E-state index is 11.6. The van der Waals surface area contributed by atoms with Crippen LogP contribution in [0.5, 0.6) is 17.2 Å². The second-order valence-electron chi connectivity index (χ2n) is 4.30. The van der Waals surface area contributed by atoms with E-state index < -0.39 is 16.9 Å². The van der Waals surface area contributed by atoms with Crippen molar-refractivity contribution in [2.45, 2.75) is 0 Å². The molecule has 0 aliphatic carbocycles. The third-order valence-corrected chi connectivity index (χ3v) is 3.05. The second kappa shape index (κ2) is 6.22. The van der Waals surface area contributed by atoms with Crippen LogP contribution in [0.1, 0.15) is 5.56 Å². The lowest BCUT2D eigenvalue weighted by atomic mass is 10.1. The molecule has 0 bridgehead atoms. The summed E-state index contributed by atoms with van der Waals surface area (Å²) in [6.45, 7) is 0. The Kier molecular flexibility index (Phi) is 4.35. The van der Waals surface area contributed by atoms with Gasteiger partial charge in [0, 0.05) is 0 Å². The number of ether oxygens (including phenoxy) is 3. The molecule has 0 radical (unpaired) electrons. The lowest BCUT2D eigenvalue weighted by Crippen LogP contribution is -2.22. The van der Waals surface area contributed by atoms with Crippen LogP contribution < -0.4 is 24.8 Å². The number of methoxy groups -OCH3 is 3. The van der Waals surface area contributed by atoms with E-state index in [4.69, 9.17) is 14.2 Å². The molecule has 0 aromatic heterocycles. The Balaban J connectivity index is 2.74. The van der Waals surface area contributed by atoms with Gasteiger partial charge in [-0.15, -0.1) is 0 Å². The lowest BCUT2D eigenvalue weighted by Gasteiger charge is -2.14. The molecule has 2 rings (SSSR count). The fraction of sp³-hybridized carbons (Fsp3) is 0.231. The van der Waals surface area contributed by atoms with Crippen molar-refractivity contribution in [3.8, 4) is 17.2 Å². The summed E-state index contributed by atoms with van der Waals surface area (Å²) in [7, 11) is 3.95. The van der Waals surface area contributed by atoms with Crippen LogP contribution in [0.15, 0.2) is 11.8 Å². The van der Waals surface area contributed by atoms with Crippen LogP contribution in [0.25, 0.3) is 6.08 Å². The predicted octanol–water partition coefficient (Wildman–Crippen LogP) is 0.801. The smallest absolute Gasteiger partial charge is 0.326 e. The van der Waals surface area contributed by atoms with E-state index in [1.54, 1.807) is 0 Å². The van der Waals surface area contributed by atoms with Crippen molar-refractivity contribution in [1.29, 1.82) is 0 Å². The van der Waals surface area contributed by atoms with E-state index in [9.17, 15) is 19.7 Å². The molecule has 0 saturated carbocycles. The molecule has 2 N–H and O–H groups in total. The molecule has 1 saturated heterocycles. The van der Waals surface area contributed by atoms with Crippen LogP contribution in [0.4, 0.5) is 10.5 Å². The van der Waals surface area contributed by atoms with Crippen LogP contribution in [0.2, 0.25) is 0 Å². The highest BCUT2D eigenvalue weighted by molar-refractivity contribution is 6.14. The largest absolute Gasteiger partial charge is 0.492 e. The Hall–Kier alpha value is -3.30. The first-order chi connectivity index (χ1) is 10.9. The average Bonchev–Trinajstić information content (AvgIpc) is 2.83. The first-order valence-corrected chi connectivity index (χ1v) is 6.24. The molecule has 23 heavy (non-hydrogen) atoms. The highest BCUT2D eigenvalue weighted by atomic mass is 16.6. The standard InChI is InChI=1S/C13H13N3O7/c1-21-9-5-8(16(19)20)6(10(22-2)11(9)23-3)4-7-12(17)15-13(18)14-7/h4-5H,1-3H3,(H2,14,15,17,18)/b7-4-. The van der Waals surface area contributed by atoms with Gasteiger partial charge in [-0.05, 0) is 6.08 Å². The number of nitro benzene ring substituents is 1. The normalized spacial score (nSPS) is 15.2. The summed E-state index contributed by atoms with van der Waals surface area (Å²) < 4.78 is 15.4. The highest BCUT2D eigenvalue weighted by Crippen LogP contribution is 2.45. The minimum atomic E-state index is -0.719. The van der Waals surface area contributed by atoms with Crippen LogP contribution in [0.3, 0.4) is 0 Å². The number of amides is 3. The molecular weight excluding hydrogens is 310 g/mol. The summed E-state index contributed by atoms with van der Waals surface area (Å²) >= 11 is 0. The van der Waals surface area contributed by atoms with Gasteiger partial charge < -0.3 is 19.5 Å². The Morgan fingerprint density at radius 3 is 2.17 bits per heavy atom. The third kappa shape index (κ3) is 2.86. The van der Waals surface area contributed by atoms with Gasteiger partial charge in [-0.2, -0.15) is 0 Å². The summed E-state index contributed by atoms with van der Waals surface area (Å²) in [5, 5.41) is 15.6. The SMILES string of the molecule is COc1cc([N+](=O)[O-])c(/C=C2\NC(=O)NC2=O)c(OC)c1OC. The Morgan fingerprint density at radius 2 is 1.74 bits per heavy atom. The van der Waals surface area contributed by atoms with Gasteiger partial charge in [-0.25, -0.2) is 4.79 Å². The van der Waals surface area contributed by atoms with Crippen LogP contribution in [0, 0.1) is 10.1 Å². The molecule has 10 heteroatoms. The van der Waals surface area contributed by atoms with E-state index in [1.807, 2.05) is 5.32 Å². The number of benzene rings is 1. The van der Waals surface area contributed by atoms with Crippen molar-refractivity contribution in [1.82, 2.24) is 10.6 Å². The predicted molar refractivity (Wildman–Crippen MR) is 77.4 cm³/mol. The Labute approximate surface area is 130 Å². The summed E-state index contributed by atoms with van der Waals surface area (Å²) in [5.41, 5.74) is -0.563. The van der Waals surface area contributed by atoms with E-state index >= 15 is 0 Å². The summed E-state index contributed by atoms with van der Waals surface area (Å²) in [6.07, 6.45) is 1.14. The van der Waals surface area contributed by atoms with Crippen LogP contribution >= 0.6 is 0 Å². The number of nitrogens with one attached hydrogen (secondary N) is 2. The van der Waals surface area contributed by atoms with Crippen LogP contribution in [-0.4, -0.2) is 38.2 Å². The molecule has 1 aromatic carbocycles. The van der Waals surface area contributed by atoms with Gasteiger partial charge in [0.25, 0.3) is 11.6 Å². The first-order valence-electron chi connectivity index (χ1n) is 6.24. The lowest BCUT2D eigenvalue weighted by molar-refractivity contribution is -0.385. The number of rotatable bonds is 5. The quantitative estimate of drug-likeness (QED) is 0.355. The fourth-order valence-electron chi connectivity index (χ4n) is 2.08. The van der Waals surface area contributed by atoms with E-state index in [0.29, 0.717) is 0 Å². The fourth-order valence-corrected chi connectivity index (χ4v) is 2.08. The molecule has 1 aromatic rings. The maximum Gasteiger partial charge on any atom is 0.326 e. The van der Waals surface area contributed by atoms with Crippen LogP contribution in [-0.2, 0) is 4.79 Å². The zero-order valence-corrected chi connectivity index (χ0v) is 12.5. The van der Waals surface area contributed by atoms with Crippen molar-refractivity contribution in [2.24, 2.45) is 0 Å². The maximum atomic E-state index is 11.6. The number of nitro groups is 1. The molecule has 1 aliphatic rings. The monoisotopic (exact) mass is 323 g/mol. The van der Waals surface area contributed by atoms with Crippen molar-refractivity contribution < 1.29 is 28.7 Å². The summed E-state index contributed by atoms with van der Waals surface area (Å²) in [6, 6.07) is 0.422. The molecule has 1 aliphatic heterocycles. The average molecular weight is 323 g/mol. The van der Waals surface area contributed by atoms with Crippen molar-refractivity contribution >= 4 is 23.7 Å². The minimum Gasteiger partial charge on any atom is -0.492 e. The highest BCUT2D eigenvalue weighted by Gasteiger charge is 2.29. The molecule has 0 atom stereocenters. The number of urea groups is 1. The molecule has 0 unspecified atom stereocenters. The number of nitrogens with zero attached hydrogens (tertiary/aromatic N) is 1. The van der Waals surface area contributed by atoms with E-state index in [1.165, 1.54) is 21.3 Å². The van der Waals surface area contributed by atoms with Gasteiger partial charge in [0.05, 0.1) is 32.3 Å². The second-order valence-corrected chi connectivity index (χ2v) is 4.30. The molecule has 122 valence electrons. The number of hydrogen-bond donors (Lipinski definition) is 2. The van der Waals surface area contributed by atoms with E-state index in [0.717, 1.165) is 12.1 Å². The van der Waals surface area contributed by atoms with Crippen molar-refractivity contribution in [3.05, 3.63) is 27.4 Å². The van der Waals surface area contributed by atoms with E-state index in [-0.39, 0.29) is 34.2 Å². The zero-order chi connectivity index (χ0) is 17.1. The molecule has 1 heterocycles. The van der Waals surface area contributed by atoms with E-state index in [2.05, 4.69) is 5.32 Å². The number of carbonyl (C=O) groups excluding carboxylic acids is 2.